The smallest absolute Gasteiger partial charge is 0.0707 e. The van der Waals surface area contributed by atoms with Gasteiger partial charge in [-0.3, -0.25) is 4.99 Å². The minimum Gasteiger partial charge on any atom is -0.396 e. The van der Waals surface area contributed by atoms with Crippen LogP contribution in [0.5, 0.6) is 0 Å². The summed E-state index contributed by atoms with van der Waals surface area (Å²) in [7, 11) is 0. The average Bonchev–Trinajstić information content (AvgIpc) is 2.59. The molecule has 1 heterocycles. The third-order valence-corrected chi connectivity index (χ3v) is 3.16. The summed E-state index contributed by atoms with van der Waals surface area (Å²) >= 11 is 1.85. The number of nitrogens with zero attached hydrogens (tertiary/aromatic N) is 1. The second kappa shape index (κ2) is 5.60. The van der Waals surface area contributed by atoms with E-state index in [1.54, 1.807) is 0 Å². The van der Waals surface area contributed by atoms with E-state index >= 15 is 0 Å². The summed E-state index contributed by atoms with van der Waals surface area (Å²) in [6.45, 7) is 5.16. The maximum absolute atomic E-state index is 8.69. The molecule has 1 atom stereocenters. The van der Waals surface area contributed by atoms with E-state index in [1.807, 2.05) is 11.8 Å². The van der Waals surface area contributed by atoms with Crippen LogP contribution in [0.15, 0.2) is 4.99 Å². The molecular weight excluding hydrogens is 170 g/mol. The number of aliphatic imine (C=N–C) groups is 1. The van der Waals surface area contributed by atoms with Crippen molar-refractivity contribution in [3.63, 3.8) is 0 Å². The first-order valence-corrected chi connectivity index (χ1v) is 5.44. The largest absolute Gasteiger partial charge is 0.396 e. The number of rotatable bonds is 5. The van der Waals surface area contributed by atoms with E-state index in [4.69, 9.17) is 5.11 Å². The normalized spacial score (nSPS) is 19.3. The zero-order chi connectivity index (χ0) is 8.81. The van der Waals surface area contributed by atoms with Gasteiger partial charge >= 0.3 is 0 Å². The van der Waals surface area contributed by atoms with Crippen LogP contribution in [0.4, 0.5) is 0 Å². The molecule has 69 valence electrons. The van der Waals surface area contributed by atoms with Crippen LogP contribution in [0, 0.1) is 12.8 Å². The lowest BCUT2D eigenvalue weighted by Crippen LogP contribution is -2.09. The Hall–Kier alpha value is -0.0200. The Bertz CT molecular complexity index is 159. The Balaban J connectivity index is 2.33. The van der Waals surface area contributed by atoms with Crippen LogP contribution in [0.2, 0.25) is 0 Å². The van der Waals surface area contributed by atoms with Gasteiger partial charge in [0.2, 0.25) is 0 Å². The first kappa shape index (κ1) is 10.1. The molecule has 1 aliphatic heterocycles. The highest BCUT2D eigenvalue weighted by molar-refractivity contribution is 8.14. The van der Waals surface area contributed by atoms with Gasteiger partial charge in [0, 0.05) is 24.8 Å². The highest BCUT2D eigenvalue weighted by Gasteiger charge is 2.17. The Kier molecular flexibility index (Phi) is 4.69. The zero-order valence-corrected chi connectivity index (χ0v) is 8.15. The van der Waals surface area contributed by atoms with Gasteiger partial charge < -0.3 is 5.11 Å². The molecule has 1 unspecified atom stereocenters. The van der Waals surface area contributed by atoms with E-state index in [-0.39, 0.29) is 6.61 Å². The van der Waals surface area contributed by atoms with Gasteiger partial charge in [0.25, 0.3) is 0 Å². The van der Waals surface area contributed by atoms with Crippen LogP contribution in [0.1, 0.15) is 19.3 Å². The van der Waals surface area contributed by atoms with E-state index in [1.165, 1.54) is 5.04 Å². The van der Waals surface area contributed by atoms with Crippen molar-refractivity contribution in [1.29, 1.82) is 0 Å². The molecule has 0 saturated carbocycles. The van der Waals surface area contributed by atoms with Crippen LogP contribution in [-0.2, 0) is 0 Å². The molecule has 0 amide bonds. The van der Waals surface area contributed by atoms with Gasteiger partial charge in [-0.05, 0) is 19.3 Å². The molecule has 1 radical (unpaired) electrons. The van der Waals surface area contributed by atoms with Crippen molar-refractivity contribution < 1.29 is 5.11 Å². The van der Waals surface area contributed by atoms with Crippen molar-refractivity contribution in [2.45, 2.75) is 19.3 Å². The fourth-order valence-electron chi connectivity index (χ4n) is 1.33. The van der Waals surface area contributed by atoms with E-state index < -0.39 is 0 Å². The Morgan fingerprint density at radius 1 is 1.67 bits per heavy atom. The van der Waals surface area contributed by atoms with E-state index in [9.17, 15) is 0 Å². The molecule has 0 aliphatic carbocycles. The molecule has 0 saturated heterocycles. The summed E-state index contributed by atoms with van der Waals surface area (Å²) < 4.78 is 0. The number of aliphatic hydroxyl groups is 1. The molecule has 0 fully saturated rings. The van der Waals surface area contributed by atoms with Crippen LogP contribution in [0.3, 0.4) is 0 Å². The fraction of sp³-hybridized carbons (Fsp3) is 0.778. The molecule has 0 bridgehead atoms. The first-order valence-electron chi connectivity index (χ1n) is 4.45. The quantitative estimate of drug-likeness (QED) is 0.709. The number of hydrogen-bond acceptors (Lipinski definition) is 3. The molecule has 0 spiro atoms. The van der Waals surface area contributed by atoms with Gasteiger partial charge in [0.1, 0.15) is 0 Å². The standard InChI is InChI=1S/C9H16NOS/c1-2-8(4-3-6-11)9-10-5-7-12-9/h8,11H,1-7H2. The van der Waals surface area contributed by atoms with Crippen LogP contribution in [0.25, 0.3) is 0 Å². The molecule has 1 rings (SSSR count). The Labute approximate surface area is 78.5 Å². The molecular formula is C9H16NOS. The van der Waals surface area contributed by atoms with Crippen molar-refractivity contribution >= 4 is 16.8 Å². The first-order chi connectivity index (χ1) is 5.88. The monoisotopic (exact) mass is 186 g/mol. The minimum absolute atomic E-state index is 0.286. The molecule has 1 aliphatic rings. The summed E-state index contributed by atoms with van der Waals surface area (Å²) in [5.41, 5.74) is 0. The van der Waals surface area contributed by atoms with Gasteiger partial charge in [-0.25, -0.2) is 0 Å². The summed E-state index contributed by atoms with van der Waals surface area (Å²) in [5, 5.41) is 9.95. The number of hydrogen-bond donors (Lipinski definition) is 1. The van der Waals surface area contributed by atoms with E-state index in [2.05, 4.69) is 11.9 Å². The van der Waals surface area contributed by atoms with Gasteiger partial charge in [-0.2, -0.15) is 0 Å². The summed E-state index contributed by atoms with van der Waals surface area (Å²) in [6, 6.07) is 0. The summed E-state index contributed by atoms with van der Waals surface area (Å²) in [5.74, 6) is 1.63. The zero-order valence-electron chi connectivity index (χ0n) is 7.33. The van der Waals surface area contributed by atoms with Crippen LogP contribution >= 0.6 is 11.8 Å². The summed E-state index contributed by atoms with van der Waals surface area (Å²) in [4.78, 5) is 4.42. The van der Waals surface area contributed by atoms with Gasteiger partial charge in [-0.15, -0.1) is 11.8 Å². The van der Waals surface area contributed by atoms with Gasteiger partial charge in [0.15, 0.2) is 0 Å². The summed E-state index contributed by atoms with van der Waals surface area (Å²) in [6.07, 6.45) is 2.82. The Morgan fingerprint density at radius 2 is 2.50 bits per heavy atom. The number of thioether (sulfide) groups is 1. The molecule has 0 aromatic carbocycles. The fourth-order valence-corrected chi connectivity index (χ4v) is 2.37. The predicted molar refractivity (Wildman–Crippen MR) is 54.5 cm³/mol. The SMILES string of the molecule is [CH2]CC(CCCO)C1=NCCS1. The predicted octanol–water partition coefficient (Wildman–Crippen LogP) is 1.74. The maximum Gasteiger partial charge on any atom is 0.0707 e. The molecule has 1 N–H and O–H groups in total. The maximum atomic E-state index is 8.69. The van der Waals surface area contributed by atoms with Gasteiger partial charge in [-0.1, -0.05) is 6.92 Å². The number of aliphatic hydroxyl groups excluding tert-OH is 1. The van der Waals surface area contributed by atoms with E-state index in [0.717, 1.165) is 31.6 Å². The lowest BCUT2D eigenvalue weighted by Gasteiger charge is -2.12. The lowest BCUT2D eigenvalue weighted by atomic mass is 10.0. The van der Waals surface area contributed by atoms with E-state index in [0.29, 0.717) is 5.92 Å². The van der Waals surface area contributed by atoms with Crippen molar-refractivity contribution in [2.75, 3.05) is 18.9 Å². The van der Waals surface area contributed by atoms with Gasteiger partial charge in [0.05, 0.1) is 5.04 Å². The highest BCUT2D eigenvalue weighted by Crippen LogP contribution is 2.24. The molecule has 3 heteroatoms. The average molecular weight is 186 g/mol. The molecule has 0 aromatic rings. The van der Waals surface area contributed by atoms with Crippen molar-refractivity contribution in [3.05, 3.63) is 6.92 Å². The van der Waals surface area contributed by atoms with Crippen LogP contribution < -0.4 is 0 Å². The lowest BCUT2D eigenvalue weighted by molar-refractivity contribution is 0.279. The molecule has 2 nitrogen and oxygen atoms in total. The minimum atomic E-state index is 0.286. The highest BCUT2D eigenvalue weighted by atomic mass is 32.2. The Morgan fingerprint density at radius 3 is 3.00 bits per heavy atom. The van der Waals surface area contributed by atoms with Crippen molar-refractivity contribution in [1.82, 2.24) is 0 Å². The van der Waals surface area contributed by atoms with Crippen molar-refractivity contribution in [3.8, 4) is 0 Å². The topological polar surface area (TPSA) is 32.6 Å². The van der Waals surface area contributed by atoms with Crippen molar-refractivity contribution in [2.24, 2.45) is 10.9 Å². The second-order valence-corrected chi connectivity index (χ2v) is 4.04. The molecule has 12 heavy (non-hydrogen) atoms. The third kappa shape index (κ3) is 2.79. The second-order valence-electron chi connectivity index (χ2n) is 2.92. The molecule has 0 aromatic heterocycles. The third-order valence-electron chi connectivity index (χ3n) is 2.02. The van der Waals surface area contributed by atoms with Crippen LogP contribution in [-0.4, -0.2) is 29.1 Å².